The van der Waals surface area contributed by atoms with Crippen molar-refractivity contribution in [1.82, 2.24) is 9.21 Å². The summed E-state index contributed by atoms with van der Waals surface area (Å²) >= 11 is 0. The Kier molecular flexibility index (Phi) is 6.35. The van der Waals surface area contributed by atoms with Crippen molar-refractivity contribution in [3.63, 3.8) is 0 Å². The third-order valence-corrected chi connectivity index (χ3v) is 5.33. The molecule has 0 bridgehead atoms. The van der Waals surface area contributed by atoms with Crippen LogP contribution in [0.25, 0.3) is 0 Å². The maximum absolute atomic E-state index is 12.9. The minimum atomic E-state index is -3.54. The van der Waals surface area contributed by atoms with E-state index in [9.17, 15) is 12.8 Å². The third kappa shape index (κ3) is 4.89. The molecule has 0 saturated carbocycles. The lowest BCUT2D eigenvalue weighted by atomic mass is 10.1. The molecule has 1 aliphatic heterocycles. The molecule has 5 nitrogen and oxygen atoms in total. The topological polar surface area (TPSA) is 66.6 Å². The second-order valence-electron chi connectivity index (χ2n) is 6.12. The van der Waals surface area contributed by atoms with Crippen LogP contribution in [0.15, 0.2) is 29.2 Å². The summed E-state index contributed by atoms with van der Waals surface area (Å²) in [6.45, 7) is 6.80. The number of hydrogen-bond donors (Lipinski definition) is 1. The Bertz CT molecular complexity index is 579. The van der Waals surface area contributed by atoms with Gasteiger partial charge in [-0.1, -0.05) is 0 Å². The Labute approximate surface area is 137 Å². The standard InChI is InChI=1S/C14H22FN3O2S.ClH/c1-14(2,16)11-17-7-9-18(10-8-17)21(19,20)13-5-3-12(15)4-6-13;/h3-6H,7-11,16H2,1-2H3;1H. The molecule has 1 aromatic rings. The van der Waals surface area contributed by atoms with Crippen LogP contribution in [-0.2, 0) is 10.0 Å². The summed E-state index contributed by atoms with van der Waals surface area (Å²) in [6.07, 6.45) is 0. The molecule has 1 heterocycles. The maximum atomic E-state index is 12.9. The van der Waals surface area contributed by atoms with E-state index in [0.29, 0.717) is 26.2 Å². The highest BCUT2D eigenvalue weighted by atomic mass is 35.5. The van der Waals surface area contributed by atoms with Gasteiger partial charge >= 0.3 is 0 Å². The van der Waals surface area contributed by atoms with Crippen LogP contribution in [0, 0.1) is 5.82 Å². The molecule has 0 aliphatic carbocycles. The molecule has 0 spiro atoms. The number of halogens is 2. The molecule has 1 aliphatic rings. The minimum Gasteiger partial charge on any atom is -0.324 e. The fraction of sp³-hybridized carbons (Fsp3) is 0.571. The van der Waals surface area contributed by atoms with Crippen molar-refractivity contribution in [2.24, 2.45) is 5.73 Å². The van der Waals surface area contributed by atoms with Crippen molar-refractivity contribution < 1.29 is 12.8 Å². The molecule has 2 rings (SSSR count). The van der Waals surface area contributed by atoms with Crippen LogP contribution in [0.5, 0.6) is 0 Å². The van der Waals surface area contributed by atoms with E-state index in [4.69, 9.17) is 5.73 Å². The van der Waals surface area contributed by atoms with Crippen LogP contribution in [0.3, 0.4) is 0 Å². The second kappa shape index (κ2) is 7.23. The number of benzene rings is 1. The zero-order chi connectivity index (χ0) is 15.7. The first kappa shape index (κ1) is 19.3. The van der Waals surface area contributed by atoms with Gasteiger partial charge in [-0.05, 0) is 38.1 Å². The molecule has 0 radical (unpaired) electrons. The van der Waals surface area contributed by atoms with Gasteiger partial charge in [0.2, 0.25) is 10.0 Å². The molecular formula is C14H23ClFN3O2S. The molecular weight excluding hydrogens is 329 g/mol. The highest BCUT2D eigenvalue weighted by Crippen LogP contribution is 2.18. The van der Waals surface area contributed by atoms with Gasteiger partial charge in [-0.15, -0.1) is 12.4 Å². The highest BCUT2D eigenvalue weighted by molar-refractivity contribution is 7.89. The van der Waals surface area contributed by atoms with Gasteiger partial charge in [0.15, 0.2) is 0 Å². The van der Waals surface area contributed by atoms with E-state index >= 15 is 0 Å². The molecule has 1 fully saturated rings. The van der Waals surface area contributed by atoms with Gasteiger partial charge in [0.1, 0.15) is 5.82 Å². The Hall–Kier alpha value is -0.730. The predicted octanol–water partition coefficient (Wildman–Crippen LogP) is 1.29. The van der Waals surface area contributed by atoms with E-state index < -0.39 is 15.8 Å². The highest BCUT2D eigenvalue weighted by Gasteiger charge is 2.29. The van der Waals surface area contributed by atoms with Crippen molar-refractivity contribution in [1.29, 1.82) is 0 Å². The number of piperazine rings is 1. The molecule has 0 aromatic heterocycles. The number of nitrogens with two attached hydrogens (primary N) is 1. The maximum Gasteiger partial charge on any atom is 0.243 e. The van der Waals surface area contributed by atoms with Crippen molar-refractivity contribution >= 4 is 22.4 Å². The summed E-state index contributed by atoms with van der Waals surface area (Å²) in [4.78, 5) is 2.30. The molecule has 1 saturated heterocycles. The smallest absolute Gasteiger partial charge is 0.243 e. The van der Waals surface area contributed by atoms with Gasteiger partial charge in [-0.3, -0.25) is 4.90 Å². The van der Waals surface area contributed by atoms with Crippen LogP contribution in [-0.4, -0.2) is 55.9 Å². The Morgan fingerprint density at radius 3 is 2.09 bits per heavy atom. The number of rotatable bonds is 4. The lowest BCUT2D eigenvalue weighted by Gasteiger charge is -2.37. The van der Waals surface area contributed by atoms with Crippen molar-refractivity contribution in [2.75, 3.05) is 32.7 Å². The summed E-state index contributed by atoms with van der Waals surface area (Å²) in [7, 11) is -3.54. The number of sulfonamides is 1. The Balaban J connectivity index is 0.00000242. The molecule has 22 heavy (non-hydrogen) atoms. The zero-order valence-corrected chi connectivity index (χ0v) is 14.5. The predicted molar refractivity (Wildman–Crippen MR) is 87.1 cm³/mol. The first-order chi connectivity index (χ1) is 9.68. The van der Waals surface area contributed by atoms with E-state index in [1.165, 1.54) is 28.6 Å². The number of hydrogen-bond acceptors (Lipinski definition) is 4. The van der Waals surface area contributed by atoms with Crippen LogP contribution < -0.4 is 5.73 Å². The van der Waals surface area contributed by atoms with Gasteiger partial charge < -0.3 is 5.73 Å². The number of nitrogens with zero attached hydrogens (tertiary/aromatic N) is 2. The fourth-order valence-corrected chi connectivity index (χ4v) is 3.88. The summed E-state index contributed by atoms with van der Waals surface area (Å²) in [5, 5.41) is 0. The first-order valence-corrected chi connectivity index (χ1v) is 8.39. The van der Waals surface area contributed by atoms with Crippen molar-refractivity contribution in [3.05, 3.63) is 30.1 Å². The SMILES string of the molecule is CC(C)(N)CN1CCN(S(=O)(=O)c2ccc(F)cc2)CC1.Cl. The van der Waals surface area contributed by atoms with E-state index in [1.54, 1.807) is 0 Å². The second-order valence-corrected chi connectivity index (χ2v) is 8.06. The average molecular weight is 352 g/mol. The van der Waals surface area contributed by atoms with Gasteiger partial charge in [0, 0.05) is 38.3 Å². The van der Waals surface area contributed by atoms with Crippen molar-refractivity contribution in [3.8, 4) is 0 Å². The lowest BCUT2D eigenvalue weighted by Crippen LogP contribution is -2.53. The zero-order valence-electron chi connectivity index (χ0n) is 12.8. The van der Waals surface area contributed by atoms with Crippen LogP contribution >= 0.6 is 12.4 Å². The fourth-order valence-electron chi connectivity index (χ4n) is 2.46. The average Bonchev–Trinajstić information content (AvgIpc) is 2.38. The van der Waals surface area contributed by atoms with Gasteiger partial charge in [0.25, 0.3) is 0 Å². The van der Waals surface area contributed by atoms with E-state index in [0.717, 1.165) is 6.54 Å². The summed E-state index contributed by atoms with van der Waals surface area (Å²) in [5.74, 6) is -0.441. The van der Waals surface area contributed by atoms with Gasteiger partial charge in [0.05, 0.1) is 4.90 Å². The summed E-state index contributed by atoms with van der Waals surface area (Å²) < 4.78 is 39.2. The molecule has 126 valence electrons. The third-order valence-electron chi connectivity index (χ3n) is 3.41. The molecule has 0 amide bonds. The van der Waals surface area contributed by atoms with E-state index in [1.807, 2.05) is 13.8 Å². The van der Waals surface area contributed by atoms with Crippen LogP contribution in [0.1, 0.15) is 13.8 Å². The van der Waals surface area contributed by atoms with Gasteiger partial charge in [-0.25, -0.2) is 12.8 Å². The molecule has 8 heteroatoms. The molecule has 0 unspecified atom stereocenters. The van der Waals surface area contributed by atoms with E-state index in [-0.39, 0.29) is 22.8 Å². The quantitative estimate of drug-likeness (QED) is 0.887. The van der Waals surface area contributed by atoms with Crippen molar-refractivity contribution in [2.45, 2.75) is 24.3 Å². The lowest BCUT2D eigenvalue weighted by molar-refractivity contribution is 0.162. The molecule has 0 atom stereocenters. The largest absolute Gasteiger partial charge is 0.324 e. The van der Waals surface area contributed by atoms with E-state index in [2.05, 4.69) is 4.90 Å². The van der Waals surface area contributed by atoms with Gasteiger partial charge in [-0.2, -0.15) is 4.31 Å². The Morgan fingerprint density at radius 2 is 1.64 bits per heavy atom. The molecule has 2 N–H and O–H groups in total. The van der Waals surface area contributed by atoms with Crippen LogP contribution in [0.4, 0.5) is 4.39 Å². The summed E-state index contributed by atoms with van der Waals surface area (Å²) in [5.41, 5.74) is 5.69. The normalized spacial score (nSPS) is 18.0. The molecule has 1 aromatic carbocycles. The van der Waals surface area contributed by atoms with Crippen LogP contribution in [0.2, 0.25) is 0 Å². The monoisotopic (exact) mass is 351 g/mol. The Morgan fingerprint density at radius 1 is 1.14 bits per heavy atom. The first-order valence-electron chi connectivity index (χ1n) is 6.95. The summed E-state index contributed by atoms with van der Waals surface area (Å²) in [6, 6.07) is 4.94. The minimum absolute atomic E-state index is 0.